The predicted octanol–water partition coefficient (Wildman–Crippen LogP) is 5.17. The molecule has 5 rings (SSSR count). The summed E-state index contributed by atoms with van der Waals surface area (Å²) in [4.78, 5) is 37.9. The van der Waals surface area contributed by atoms with Gasteiger partial charge in [0.1, 0.15) is 0 Å². The highest BCUT2D eigenvalue weighted by Crippen LogP contribution is 2.27. The normalized spacial score (nSPS) is 12.4. The van der Waals surface area contributed by atoms with Crippen molar-refractivity contribution >= 4 is 23.5 Å². The molecule has 0 saturated carbocycles. The van der Waals surface area contributed by atoms with Gasteiger partial charge in [-0.1, -0.05) is 30.3 Å². The molecule has 244 valence electrons. The maximum atomic E-state index is 12.1. The number of alkyl halides is 6. The molecule has 16 heteroatoms. The van der Waals surface area contributed by atoms with Crippen LogP contribution in [0.15, 0.2) is 72.9 Å². The van der Waals surface area contributed by atoms with Crippen molar-refractivity contribution in [3.63, 3.8) is 0 Å². The lowest BCUT2D eigenvalue weighted by Crippen LogP contribution is -2.31. The number of pyridine rings is 1. The molecule has 0 atom stereocenters. The van der Waals surface area contributed by atoms with Crippen molar-refractivity contribution in [3.8, 4) is 22.5 Å². The topological polar surface area (TPSA) is 170 Å². The van der Waals surface area contributed by atoms with Crippen molar-refractivity contribution in [3.05, 3.63) is 95.3 Å². The number of aromatic nitrogens is 2. The van der Waals surface area contributed by atoms with E-state index in [1.807, 2.05) is 42.6 Å². The fourth-order valence-electron chi connectivity index (χ4n) is 4.03. The predicted molar refractivity (Wildman–Crippen MR) is 154 cm³/mol. The van der Waals surface area contributed by atoms with Crippen molar-refractivity contribution in [2.24, 2.45) is 0 Å². The summed E-state index contributed by atoms with van der Waals surface area (Å²) in [5.41, 5.74) is 14.6. The fraction of sp³-hybridized carbons (Fsp3) is 0.200. The molecule has 10 nitrogen and oxygen atoms in total. The maximum absolute atomic E-state index is 12.1. The molecule has 0 saturated heterocycles. The summed E-state index contributed by atoms with van der Waals surface area (Å²) in [6.07, 6.45) is -7.53. The minimum Gasteiger partial charge on any atom is -0.475 e. The van der Waals surface area contributed by atoms with E-state index >= 15 is 0 Å². The first-order valence-electron chi connectivity index (χ1n) is 13.3. The molecule has 1 aliphatic rings. The van der Waals surface area contributed by atoms with Crippen LogP contribution in [0.1, 0.15) is 27.2 Å². The van der Waals surface area contributed by atoms with Crippen LogP contribution in [0.5, 0.6) is 0 Å². The van der Waals surface area contributed by atoms with Gasteiger partial charge in [-0.15, -0.1) is 0 Å². The standard InChI is InChI=1S/C26H25N5O.2C2HF3O2/c27-21-6-4-17(5-7-21)15-28-16-18-2-1-3-19(12-18)24-13-20(8-10-29-24)25-14-22-23(31-25)9-11-30-26(22)32;2*3-2(4,5)1(6)7/h1-8,10,12-14,28,31H,9,11,15-16,27H2,(H,30,32);2*(H,6,7). The molecule has 7 N–H and O–H groups in total. The first-order chi connectivity index (χ1) is 21.5. The first-order valence-corrected chi connectivity index (χ1v) is 13.3. The van der Waals surface area contributed by atoms with Gasteiger partial charge in [0.25, 0.3) is 5.91 Å². The number of H-pyrrole nitrogens is 1. The molecule has 0 unspecified atom stereocenters. The number of rotatable bonds is 6. The van der Waals surface area contributed by atoms with E-state index in [4.69, 9.17) is 25.5 Å². The Kier molecular flexibility index (Phi) is 11.5. The van der Waals surface area contributed by atoms with E-state index in [-0.39, 0.29) is 5.91 Å². The van der Waals surface area contributed by atoms with Crippen LogP contribution in [0, 0.1) is 0 Å². The zero-order valence-electron chi connectivity index (χ0n) is 23.7. The zero-order valence-corrected chi connectivity index (χ0v) is 23.7. The number of hydrogen-bond acceptors (Lipinski definition) is 6. The first kappa shape index (κ1) is 35.1. The van der Waals surface area contributed by atoms with Gasteiger partial charge >= 0.3 is 24.3 Å². The highest BCUT2D eigenvalue weighted by Gasteiger charge is 2.38. The third-order valence-electron chi connectivity index (χ3n) is 6.22. The molecule has 2 aromatic carbocycles. The average Bonchev–Trinajstić information content (AvgIpc) is 3.44. The van der Waals surface area contributed by atoms with E-state index in [0.29, 0.717) is 6.54 Å². The Morgan fingerprint density at radius 2 is 1.46 bits per heavy atom. The van der Waals surface area contributed by atoms with Crippen molar-refractivity contribution in [2.45, 2.75) is 31.9 Å². The van der Waals surface area contributed by atoms with Crippen molar-refractivity contribution < 1.29 is 50.9 Å². The molecule has 1 aliphatic heterocycles. The summed E-state index contributed by atoms with van der Waals surface area (Å²) in [6, 6.07) is 22.3. The van der Waals surface area contributed by atoms with E-state index in [0.717, 1.165) is 59.0 Å². The summed E-state index contributed by atoms with van der Waals surface area (Å²) in [6.45, 7) is 2.21. The fourth-order valence-corrected chi connectivity index (χ4v) is 4.03. The summed E-state index contributed by atoms with van der Waals surface area (Å²) in [5, 5.41) is 20.6. The molecule has 2 aromatic heterocycles. The number of carbonyl (C=O) groups is 3. The molecule has 3 heterocycles. The van der Waals surface area contributed by atoms with Gasteiger partial charge in [0, 0.05) is 60.5 Å². The van der Waals surface area contributed by atoms with Gasteiger partial charge < -0.3 is 31.6 Å². The van der Waals surface area contributed by atoms with Crippen LogP contribution in [0.2, 0.25) is 0 Å². The van der Waals surface area contributed by atoms with E-state index in [1.165, 1.54) is 11.1 Å². The Balaban J connectivity index is 0.000000345. The van der Waals surface area contributed by atoms with Gasteiger partial charge in [-0.3, -0.25) is 9.78 Å². The number of carbonyl (C=O) groups excluding carboxylic acids is 1. The summed E-state index contributed by atoms with van der Waals surface area (Å²) in [7, 11) is 0. The number of halogens is 6. The lowest BCUT2D eigenvalue weighted by Gasteiger charge is -2.11. The number of nitrogens with zero attached hydrogens (tertiary/aromatic N) is 1. The number of hydrogen-bond donors (Lipinski definition) is 6. The van der Waals surface area contributed by atoms with Gasteiger partial charge in [0.05, 0.1) is 11.3 Å². The Morgan fingerprint density at radius 1 is 0.848 bits per heavy atom. The Bertz CT molecular complexity index is 1650. The third-order valence-corrected chi connectivity index (χ3v) is 6.22. The van der Waals surface area contributed by atoms with E-state index in [9.17, 15) is 31.1 Å². The minimum atomic E-state index is -5.08. The molecule has 0 spiro atoms. The van der Waals surface area contributed by atoms with Crippen LogP contribution in [-0.2, 0) is 29.1 Å². The second-order valence-electron chi connectivity index (χ2n) is 9.66. The zero-order chi connectivity index (χ0) is 34.1. The van der Waals surface area contributed by atoms with E-state index < -0.39 is 24.3 Å². The number of amides is 1. The lowest BCUT2D eigenvalue weighted by molar-refractivity contribution is -0.193. The number of aromatic amines is 1. The Morgan fingerprint density at radius 3 is 2.04 bits per heavy atom. The molecule has 0 aliphatic carbocycles. The van der Waals surface area contributed by atoms with Crippen LogP contribution in [0.4, 0.5) is 32.0 Å². The summed E-state index contributed by atoms with van der Waals surface area (Å²) in [5.74, 6) is -5.53. The SMILES string of the molecule is Nc1ccc(CNCc2cccc(-c3cc(-c4cc5c([nH]4)CCNC5=O)ccn3)c2)cc1.O=C(O)C(F)(F)F.O=C(O)C(F)(F)F. The van der Waals surface area contributed by atoms with Crippen LogP contribution >= 0.6 is 0 Å². The lowest BCUT2D eigenvalue weighted by atomic mass is 10.0. The molecule has 0 bridgehead atoms. The van der Waals surface area contributed by atoms with Crippen LogP contribution < -0.4 is 16.4 Å². The van der Waals surface area contributed by atoms with Crippen molar-refractivity contribution in [1.82, 2.24) is 20.6 Å². The highest BCUT2D eigenvalue weighted by molar-refractivity contribution is 5.97. The molecule has 0 radical (unpaired) electrons. The molecule has 4 aromatic rings. The Labute approximate surface area is 257 Å². The monoisotopic (exact) mass is 651 g/mol. The molecular formula is C30H27F6N5O5. The van der Waals surface area contributed by atoms with Gasteiger partial charge in [-0.25, -0.2) is 9.59 Å². The van der Waals surface area contributed by atoms with Crippen LogP contribution in [-0.4, -0.2) is 56.9 Å². The van der Waals surface area contributed by atoms with Gasteiger partial charge in [-0.05, 0) is 47.5 Å². The van der Waals surface area contributed by atoms with E-state index in [2.05, 4.69) is 50.9 Å². The van der Waals surface area contributed by atoms with Crippen molar-refractivity contribution in [2.75, 3.05) is 12.3 Å². The largest absolute Gasteiger partial charge is 0.490 e. The minimum absolute atomic E-state index is 0.0119. The van der Waals surface area contributed by atoms with Crippen molar-refractivity contribution in [1.29, 1.82) is 0 Å². The molecule has 1 amide bonds. The smallest absolute Gasteiger partial charge is 0.475 e. The summed E-state index contributed by atoms with van der Waals surface area (Å²) >= 11 is 0. The second-order valence-corrected chi connectivity index (χ2v) is 9.66. The number of anilines is 1. The number of carboxylic acids is 2. The number of nitrogens with one attached hydrogen (secondary N) is 3. The van der Waals surface area contributed by atoms with Gasteiger partial charge in [0.2, 0.25) is 0 Å². The number of carboxylic acid groups (broad SMARTS) is 2. The number of nitrogens with two attached hydrogens (primary N) is 1. The number of fused-ring (bicyclic) bond motifs is 1. The van der Waals surface area contributed by atoms with Gasteiger partial charge in [0.15, 0.2) is 0 Å². The second kappa shape index (κ2) is 15.1. The van der Waals surface area contributed by atoms with Crippen LogP contribution in [0.3, 0.4) is 0 Å². The molecule has 0 fully saturated rings. The van der Waals surface area contributed by atoms with Crippen LogP contribution in [0.25, 0.3) is 22.5 Å². The third kappa shape index (κ3) is 10.4. The quantitative estimate of drug-likeness (QED) is 0.123. The maximum Gasteiger partial charge on any atom is 0.490 e. The highest BCUT2D eigenvalue weighted by atomic mass is 19.4. The number of aliphatic carboxylic acids is 2. The number of nitrogen functional groups attached to an aromatic ring is 1. The summed E-state index contributed by atoms with van der Waals surface area (Å²) < 4.78 is 63.5. The average molecular weight is 652 g/mol. The molecule has 46 heavy (non-hydrogen) atoms. The number of benzene rings is 2. The Hall–Kier alpha value is -5.38. The van der Waals surface area contributed by atoms with E-state index in [1.54, 1.807) is 0 Å². The molecular weight excluding hydrogens is 624 g/mol. The van der Waals surface area contributed by atoms with Gasteiger partial charge in [-0.2, -0.15) is 26.3 Å².